The number of aromatic hydroxyl groups is 1. The van der Waals surface area contributed by atoms with Crippen molar-refractivity contribution in [1.82, 2.24) is 0 Å². The van der Waals surface area contributed by atoms with E-state index in [0.29, 0.717) is 0 Å². The van der Waals surface area contributed by atoms with Gasteiger partial charge in [-0.1, -0.05) is 12.1 Å². The van der Waals surface area contributed by atoms with Crippen LogP contribution in [0.2, 0.25) is 0 Å². The molecule has 1 N–H and O–H groups in total. The summed E-state index contributed by atoms with van der Waals surface area (Å²) in [5.74, 6) is 0.0560. The van der Waals surface area contributed by atoms with Crippen LogP contribution in [-0.4, -0.2) is 11.4 Å². The second-order valence-electron chi connectivity index (χ2n) is 2.74. The molecular weight excluding hydrogens is 159 g/mol. The average molecular weight is 168 g/mol. The molecule has 1 rings (SSSR count). The number of aldehydes is 1. The lowest BCUT2D eigenvalue weighted by Gasteiger charge is -2.12. The summed E-state index contributed by atoms with van der Waals surface area (Å²) in [4.78, 5) is 10.3. The van der Waals surface area contributed by atoms with Crippen LogP contribution in [0.25, 0.3) is 0 Å². The van der Waals surface area contributed by atoms with Gasteiger partial charge in [0.25, 0.3) is 0 Å². The van der Waals surface area contributed by atoms with Gasteiger partial charge in [0.05, 0.1) is 0 Å². The van der Waals surface area contributed by atoms with Gasteiger partial charge in [0.1, 0.15) is 5.75 Å². The number of carbonyl (C=O) groups excluding carboxylic acids is 1. The molecule has 0 aliphatic heterocycles. The van der Waals surface area contributed by atoms with Crippen LogP contribution in [0.4, 0.5) is 4.39 Å². The molecule has 0 aliphatic rings. The Morgan fingerprint density at radius 3 is 2.33 bits per heavy atom. The molecule has 1 atom stereocenters. The van der Waals surface area contributed by atoms with Crippen LogP contribution in [0, 0.1) is 0 Å². The van der Waals surface area contributed by atoms with Crippen LogP contribution in [-0.2, 0) is 10.5 Å². The molecule has 0 fully saturated rings. The van der Waals surface area contributed by atoms with Gasteiger partial charge in [-0.3, -0.25) is 4.79 Å². The maximum absolute atomic E-state index is 13.2. The third kappa shape index (κ3) is 1.61. The fourth-order valence-corrected chi connectivity index (χ4v) is 0.855. The number of hydrogen-bond acceptors (Lipinski definition) is 2. The van der Waals surface area contributed by atoms with E-state index in [1.165, 1.54) is 31.2 Å². The number of phenols is 1. The van der Waals surface area contributed by atoms with Crippen LogP contribution in [0.1, 0.15) is 12.5 Å². The van der Waals surface area contributed by atoms with E-state index in [1.807, 2.05) is 0 Å². The quantitative estimate of drug-likeness (QED) is 0.683. The van der Waals surface area contributed by atoms with Crippen molar-refractivity contribution >= 4 is 6.29 Å². The van der Waals surface area contributed by atoms with Gasteiger partial charge in [0.15, 0.2) is 12.0 Å². The molecule has 0 spiro atoms. The summed E-state index contributed by atoms with van der Waals surface area (Å²) in [5.41, 5.74) is -1.72. The molecule has 2 nitrogen and oxygen atoms in total. The molecule has 0 saturated heterocycles. The highest BCUT2D eigenvalue weighted by molar-refractivity contribution is 5.65. The summed E-state index contributed by atoms with van der Waals surface area (Å²) < 4.78 is 13.2. The van der Waals surface area contributed by atoms with Gasteiger partial charge in [-0.2, -0.15) is 0 Å². The van der Waals surface area contributed by atoms with Gasteiger partial charge in [0, 0.05) is 0 Å². The van der Waals surface area contributed by atoms with E-state index in [9.17, 15) is 9.18 Å². The zero-order valence-electron chi connectivity index (χ0n) is 6.62. The summed E-state index contributed by atoms with van der Waals surface area (Å²) >= 11 is 0. The van der Waals surface area contributed by atoms with E-state index in [2.05, 4.69) is 0 Å². The highest BCUT2D eigenvalue weighted by Crippen LogP contribution is 2.24. The standard InChI is InChI=1S/C9H9FO2/c1-9(10,6-11)7-2-4-8(12)5-3-7/h2-6,12H,1H3. The number of halogens is 1. The first-order chi connectivity index (χ1) is 5.56. The topological polar surface area (TPSA) is 37.3 Å². The van der Waals surface area contributed by atoms with Crippen LogP contribution < -0.4 is 0 Å². The first kappa shape index (κ1) is 8.71. The molecule has 3 heteroatoms. The van der Waals surface area contributed by atoms with E-state index < -0.39 is 5.67 Å². The Morgan fingerprint density at radius 2 is 1.92 bits per heavy atom. The fraction of sp³-hybridized carbons (Fsp3) is 0.222. The Labute approximate surface area is 69.6 Å². The molecule has 1 aromatic carbocycles. The predicted octanol–water partition coefficient (Wildman–Crippen LogP) is 1.78. The molecule has 1 aromatic rings. The van der Waals surface area contributed by atoms with Crippen LogP contribution in [0.5, 0.6) is 5.75 Å². The summed E-state index contributed by atoms with van der Waals surface area (Å²) in [6.45, 7) is 1.17. The lowest BCUT2D eigenvalue weighted by atomic mass is 10.00. The van der Waals surface area contributed by atoms with Crippen molar-refractivity contribution < 1.29 is 14.3 Å². The van der Waals surface area contributed by atoms with Crippen molar-refractivity contribution in [1.29, 1.82) is 0 Å². The number of alkyl halides is 1. The van der Waals surface area contributed by atoms with Crippen LogP contribution in [0.3, 0.4) is 0 Å². The van der Waals surface area contributed by atoms with E-state index in [1.54, 1.807) is 0 Å². The number of phenolic OH excluding ortho intramolecular Hbond substituents is 1. The summed E-state index contributed by atoms with van der Waals surface area (Å²) in [5, 5.41) is 8.88. The molecule has 0 amide bonds. The number of benzene rings is 1. The lowest BCUT2D eigenvalue weighted by molar-refractivity contribution is -0.117. The first-order valence-electron chi connectivity index (χ1n) is 3.51. The van der Waals surface area contributed by atoms with Crippen molar-refractivity contribution in [2.45, 2.75) is 12.6 Å². The molecule has 0 aromatic heterocycles. The smallest absolute Gasteiger partial charge is 0.187 e. The highest BCUT2D eigenvalue weighted by atomic mass is 19.1. The lowest BCUT2D eigenvalue weighted by Crippen LogP contribution is -2.16. The Balaban J connectivity index is 3.04. The van der Waals surface area contributed by atoms with Gasteiger partial charge in [-0.05, 0) is 24.6 Å². The second kappa shape index (κ2) is 2.93. The predicted molar refractivity (Wildman–Crippen MR) is 42.6 cm³/mol. The molecule has 12 heavy (non-hydrogen) atoms. The Kier molecular flexibility index (Phi) is 2.13. The van der Waals surface area contributed by atoms with Gasteiger partial charge >= 0.3 is 0 Å². The molecule has 0 heterocycles. The van der Waals surface area contributed by atoms with E-state index >= 15 is 0 Å². The van der Waals surface area contributed by atoms with E-state index in [-0.39, 0.29) is 17.6 Å². The van der Waals surface area contributed by atoms with Gasteiger partial charge in [0.2, 0.25) is 0 Å². The SMILES string of the molecule is CC(F)(C=O)c1ccc(O)cc1. The molecule has 0 aliphatic carbocycles. The molecule has 0 saturated carbocycles. The highest BCUT2D eigenvalue weighted by Gasteiger charge is 2.24. The third-order valence-electron chi connectivity index (χ3n) is 1.65. The minimum Gasteiger partial charge on any atom is -0.508 e. The molecule has 64 valence electrons. The molecule has 1 unspecified atom stereocenters. The van der Waals surface area contributed by atoms with Gasteiger partial charge in [-0.25, -0.2) is 4.39 Å². The zero-order chi connectivity index (χ0) is 9.19. The number of rotatable bonds is 2. The number of hydrogen-bond donors (Lipinski definition) is 1. The van der Waals surface area contributed by atoms with Gasteiger partial charge in [-0.15, -0.1) is 0 Å². The third-order valence-corrected chi connectivity index (χ3v) is 1.65. The first-order valence-corrected chi connectivity index (χ1v) is 3.51. The summed E-state index contributed by atoms with van der Waals surface area (Å²) in [7, 11) is 0. The average Bonchev–Trinajstić information content (AvgIpc) is 2.05. The molecule has 0 bridgehead atoms. The Morgan fingerprint density at radius 1 is 1.42 bits per heavy atom. The maximum Gasteiger partial charge on any atom is 0.187 e. The van der Waals surface area contributed by atoms with E-state index in [0.717, 1.165) is 0 Å². The summed E-state index contributed by atoms with van der Waals surface area (Å²) in [6.07, 6.45) is 0.235. The minimum atomic E-state index is -1.96. The molecular formula is C9H9FO2. The van der Waals surface area contributed by atoms with E-state index in [4.69, 9.17) is 5.11 Å². The minimum absolute atomic E-state index is 0.0560. The van der Waals surface area contributed by atoms with Crippen molar-refractivity contribution in [2.75, 3.05) is 0 Å². The monoisotopic (exact) mass is 168 g/mol. The van der Waals surface area contributed by atoms with Crippen molar-refractivity contribution in [3.05, 3.63) is 29.8 Å². The molecule has 0 radical (unpaired) electrons. The maximum atomic E-state index is 13.2. The Hall–Kier alpha value is -1.38. The van der Waals surface area contributed by atoms with Gasteiger partial charge < -0.3 is 5.11 Å². The second-order valence-corrected chi connectivity index (χ2v) is 2.74. The number of carbonyl (C=O) groups is 1. The van der Waals surface area contributed by atoms with Crippen LogP contribution >= 0.6 is 0 Å². The van der Waals surface area contributed by atoms with Crippen molar-refractivity contribution in [2.24, 2.45) is 0 Å². The van der Waals surface area contributed by atoms with Crippen molar-refractivity contribution in [3.63, 3.8) is 0 Å². The van der Waals surface area contributed by atoms with Crippen LogP contribution in [0.15, 0.2) is 24.3 Å². The van der Waals surface area contributed by atoms with Crippen molar-refractivity contribution in [3.8, 4) is 5.75 Å². The summed E-state index contributed by atoms with van der Waals surface area (Å²) in [6, 6.07) is 5.45. The zero-order valence-corrected chi connectivity index (χ0v) is 6.62. The largest absolute Gasteiger partial charge is 0.508 e. The normalized spacial score (nSPS) is 15.2. The Bertz CT molecular complexity index is 277. The fourth-order valence-electron chi connectivity index (χ4n) is 0.855.